The summed E-state index contributed by atoms with van der Waals surface area (Å²) in [5.74, 6) is -0.636. The number of H-pyrrole nitrogens is 1. The largest absolute Gasteiger partial charge is 0.461 e. The molecule has 2 heterocycles. The minimum Gasteiger partial charge on any atom is -0.461 e. The third-order valence-corrected chi connectivity index (χ3v) is 2.76. The molecule has 1 fully saturated rings. The van der Waals surface area contributed by atoms with Gasteiger partial charge in [-0.1, -0.05) is 0 Å². The van der Waals surface area contributed by atoms with E-state index in [4.69, 9.17) is 16.3 Å². The van der Waals surface area contributed by atoms with Gasteiger partial charge in [0.15, 0.2) is 5.69 Å². The van der Waals surface area contributed by atoms with Gasteiger partial charge in [0.25, 0.3) is 0 Å². The van der Waals surface area contributed by atoms with E-state index >= 15 is 0 Å². The molecule has 1 amide bonds. The third-order valence-electron chi connectivity index (χ3n) is 2.47. The molecular formula is C10H12ClN3O3. The van der Waals surface area contributed by atoms with Crippen molar-refractivity contribution < 1.29 is 14.3 Å². The smallest absolute Gasteiger partial charge is 0.358 e. The fourth-order valence-electron chi connectivity index (χ4n) is 1.73. The summed E-state index contributed by atoms with van der Waals surface area (Å²) < 4.78 is 4.87. The lowest BCUT2D eigenvalue weighted by atomic mass is 10.3. The fourth-order valence-corrected chi connectivity index (χ4v) is 2.00. The standard InChI is InChI=1S/C10H12ClN3O3/c1-2-17-10(16)9-7(4-12-13-9)14-5-6(11)3-8(14)15/h4,6H,2-3,5H2,1H3,(H,12,13). The van der Waals surface area contributed by atoms with Crippen LogP contribution in [0.25, 0.3) is 0 Å². The first-order valence-corrected chi connectivity index (χ1v) is 5.72. The van der Waals surface area contributed by atoms with Crippen LogP contribution in [-0.2, 0) is 9.53 Å². The molecule has 1 aliphatic rings. The van der Waals surface area contributed by atoms with E-state index < -0.39 is 5.97 Å². The molecule has 2 rings (SSSR count). The molecule has 0 radical (unpaired) electrons. The first-order valence-electron chi connectivity index (χ1n) is 5.28. The highest BCUT2D eigenvalue weighted by molar-refractivity contribution is 6.24. The first kappa shape index (κ1) is 11.9. The first-order chi connectivity index (χ1) is 8.13. The summed E-state index contributed by atoms with van der Waals surface area (Å²) in [7, 11) is 0. The minimum atomic E-state index is -0.522. The van der Waals surface area contributed by atoms with E-state index in [0.29, 0.717) is 12.2 Å². The number of carbonyl (C=O) groups is 2. The Bertz CT molecular complexity index is 446. The zero-order valence-electron chi connectivity index (χ0n) is 9.27. The summed E-state index contributed by atoms with van der Waals surface area (Å²) >= 11 is 5.90. The SMILES string of the molecule is CCOC(=O)c1[nH]ncc1N1CC(Cl)CC1=O. The van der Waals surface area contributed by atoms with Gasteiger partial charge in [0.2, 0.25) is 5.91 Å². The lowest BCUT2D eigenvalue weighted by Crippen LogP contribution is -2.26. The van der Waals surface area contributed by atoms with Gasteiger partial charge in [0.05, 0.1) is 23.9 Å². The summed E-state index contributed by atoms with van der Waals surface area (Å²) in [5.41, 5.74) is 0.613. The molecule has 1 atom stereocenters. The number of rotatable bonds is 3. The molecular weight excluding hydrogens is 246 g/mol. The van der Waals surface area contributed by atoms with Crippen LogP contribution in [0.15, 0.2) is 6.20 Å². The highest BCUT2D eigenvalue weighted by Gasteiger charge is 2.32. The van der Waals surface area contributed by atoms with Gasteiger partial charge in [-0.05, 0) is 6.92 Å². The average molecular weight is 258 g/mol. The van der Waals surface area contributed by atoms with Gasteiger partial charge in [0, 0.05) is 13.0 Å². The molecule has 0 aliphatic carbocycles. The van der Waals surface area contributed by atoms with Crippen molar-refractivity contribution >= 4 is 29.2 Å². The van der Waals surface area contributed by atoms with Crippen LogP contribution in [0.3, 0.4) is 0 Å². The van der Waals surface area contributed by atoms with Gasteiger partial charge in [-0.25, -0.2) is 4.79 Å². The molecule has 0 bridgehead atoms. The summed E-state index contributed by atoms with van der Waals surface area (Å²) in [6.45, 7) is 2.36. The Labute approximate surface area is 103 Å². The Balaban J connectivity index is 2.25. The molecule has 1 aromatic heterocycles. The van der Waals surface area contributed by atoms with Crippen molar-refractivity contribution in [2.24, 2.45) is 0 Å². The second kappa shape index (κ2) is 4.75. The van der Waals surface area contributed by atoms with Crippen molar-refractivity contribution in [1.29, 1.82) is 0 Å². The van der Waals surface area contributed by atoms with E-state index in [9.17, 15) is 9.59 Å². The Morgan fingerprint density at radius 3 is 3.12 bits per heavy atom. The molecule has 6 nitrogen and oxygen atoms in total. The Kier molecular flexibility index (Phi) is 3.33. The quantitative estimate of drug-likeness (QED) is 0.646. The normalized spacial score (nSPS) is 19.8. The Morgan fingerprint density at radius 2 is 2.53 bits per heavy atom. The maximum atomic E-state index is 11.7. The maximum Gasteiger partial charge on any atom is 0.358 e. The predicted octanol–water partition coefficient (Wildman–Crippen LogP) is 0.931. The molecule has 0 spiro atoms. The number of nitrogens with zero attached hydrogens (tertiary/aromatic N) is 2. The minimum absolute atomic E-state index is 0.114. The number of anilines is 1. The summed E-state index contributed by atoms with van der Waals surface area (Å²) in [4.78, 5) is 24.7. The average Bonchev–Trinajstić information content (AvgIpc) is 2.84. The van der Waals surface area contributed by atoms with Crippen molar-refractivity contribution in [3.8, 4) is 0 Å². The Morgan fingerprint density at radius 1 is 1.76 bits per heavy atom. The lowest BCUT2D eigenvalue weighted by Gasteiger charge is -2.14. The monoisotopic (exact) mass is 257 g/mol. The summed E-state index contributed by atoms with van der Waals surface area (Å²) in [6, 6.07) is 0. The molecule has 7 heteroatoms. The van der Waals surface area contributed by atoms with Crippen LogP contribution in [0.1, 0.15) is 23.8 Å². The zero-order chi connectivity index (χ0) is 12.4. The number of nitrogens with one attached hydrogen (secondary N) is 1. The number of carbonyl (C=O) groups excluding carboxylic acids is 2. The lowest BCUT2D eigenvalue weighted by molar-refractivity contribution is -0.117. The van der Waals surface area contributed by atoms with Crippen molar-refractivity contribution in [3.05, 3.63) is 11.9 Å². The molecule has 1 saturated heterocycles. The summed E-state index contributed by atoms with van der Waals surface area (Å²) in [5, 5.41) is 6.08. The molecule has 1 N–H and O–H groups in total. The van der Waals surface area contributed by atoms with Crippen molar-refractivity contribution in [2.75, 3.05) is 18.1 Å². The molecule has 92 valence electrons. The highest BCUT2D eigenvalue weighted by atomic mass is 35.5. The number of hydrogen-bond donors (Lipinski definition) is 1. The maximum absolute atomic E-state index is 11.7. The van der Waals surface area contributed by atoms with E-state index in [1.807, 2.05) is 0 Å². The number of hydrogen-bond acceptors (Lipinski definition) is 4. The van der Waals surface area contributed by atoms with E-state index in [1.165, 1.54) is 11.1 Å². The van der Waals surface area contributed by atoms with Crippen LogP contribution >= 0.6 is 11.6 Å². The van der Waals surface area contributed by atoms with E-state index in [-0.39, 0.29) is 30.0 Å². The Hall–Kier alpha value is -1.56. The van der Waals surface area contributed by atoms with E-state index in [0.717, 1.165) is 0 Å². The number of esters is 1. The number of halogens is 1. The predicted molar refractivity (Wildman–Crippen MR) is 61.2 cm³/mol. The number of aromatic nitrogens is 2. The third kappa shape index (κ3) is 2.26. The van der Waals surface area contributed by atoms with Gasteiger partial charge < -0.3 is 9.64 Å². The topological polar surface area (TPSA) is 75.3 Å². The fraction of sp³-hybridized carbons (Fsp3) is 0.500. The van der Waals surface area contributed by atoms with Crippen LogP contribution < -0.4 is 4.90 Å². The van der Waals surface area contributed by atoms with E-state index in [1.54, 1.807) is 6.92 Å². The molecule has 1 aromatic rings. The van der Waals surface area contributed by atoms with Gasteiger partial charge in [-0.15, -0.1) is 11.6 Å². The van der Waals surface area contributed by atoms with Crippen LogP contribution in [0.4, 0.5) is 5.69 Å². The molecule has 17 heavy (non-hydrogen) atoms. The number of aromatic amines is 1. The van der Waals surface area contributed by atoms with Gasteiger partial charge in [-0.3, -0.25) is 9.89 Å². The van der Waals surface area contributed by atoms with Crippen LogP contribution in [0.2, 0.25) is 0 Å². The van der Waals surface area contributed by atoms with E-state index in [2.05, 4.69) is 10.2 Å². The molecule has 0 saturated carbocycles. The van der Waals surface area contributed by atoms with Gasteiger partial charge >= 0.3 is 5.97 Å². The zero-order valence-corrected chi connectivity index (χ0v) is 10.0. The highest BCUT2D eigenvalue weighted by Crippen LogP contribution is 2.26. The number of amides is 1. The van der Waals surface area contributed by atoms with Gasteiger partial charge in [0.1, 0.15) is 0 Å². The second-order valence-electron chi connectivity index (χ2n) is 3.66. The van der Waals surface area contributed by atoms with Gasteiger partial charge in [-0.2, -0.15) is 5.10 Å². The van der Waals surface area contributed by atoms with Crippen molar-refractivity contribution in [2.45, 2.75) is 18.7 Å². The number of alkyl halides is 1. The summed E-state index contributed by atoms with van der Waals surface area (Å²) in [6.07, 6.45) is 1.70. The van der Waals surface area contributed by atoms with Crippen LogP contribution in [-0.4, -0.2) is 40.6 Å². The molecule has 0 aromatic carbocycles. The molecule has 1 aliphatic heterocycles. The van der Waals surface area contributed by atoms with Crippen LogP contribution in [0, 0.1) is 0 Å². The van der Waals surface area contributed by atoms with Crippen molar-refractivity contribution in [3.63, 3.8) is 0 Å². The second-order valence-corrected chi connectivity index (χ2v) is 4.27. The van der Waals surface area contributed by atoms with Crippen molar-refractivity contribution in [1.82, 2.24) is 10.2 Å². The van der Waals surface area contributed by atoms with Crippen LogP contribution in [0.5, 0.6) is 0 Å². The number of ether oxygens (including phenoxy) is 1. The molecule has 1 unspecified atom stereocenters.